The Balaban J connectivity index is 2.04. The van der Waals surface area contributed by atoms with E-state index in [2.05, 4.69) is 10.6 Å². The molecule has 0 aliphatic heterocycles. The Morgan fingerprint density at radius 3 is 2.12 bits per heavy atom. The summed E-state index contributed by atoms with van der Waals surface area (Å²) in [6.45, 7) is 0.427. The van der Waals surface area contributed by atoms with Gasteiger partial charge in [-0.1, -0.05) is 0 Å². The van der Waals surface area contributed by atoms with E-state index < -0.39 is 0 Å². The van der Waals surface area contributed by atoms with Gasteiger partial charge in [0.05, 0.1) is 21.3 Å². The molecule has 0 fully saturated rings. The van der Waals surface area contributed by atoms with Crippen molar-refractivity contribution >= 4 is 23.0 Å². The molecule has 5 nitrogen and oxygen atoms in total. The van der Waals surface area contributed by atoms with Crippen LogP contribution in [0.2, 0.25) is 0 Å². The van der Waals surface area contributed by atoms with Crippen LogP contribution in [0.4, 0.5) is 10.1 Å². The van der Waals surface area contributed by atoms with E-state index in [0.29, 0.717) is 34.6 Å². The molecule has 0 unspecified atom stereocenters. The summed E-state index contributed by atoms with van der Waals surface area (Å²) in [5, 5.41) is 6.48. The summed E-state index contributed by atoms with van der Waals surface area (Å²) in [7, 11) is 4.72. The van der Waals surface area contributed by atoms with Gasteiger partial charge in [0, 0.05) is 23.9 Å². The molecule has 0 atom stereocenters. The second kappa shape index (κ2) is 8.35. The summed E-state index contributed by atoms with van der Waals surface area (Å²) in [4.78, 5) is 0. The third kappa shape index (κ3) is 4.48. The quantitative estimate of drug-likeness (QED) is 0.780. The number of hydrogen-bond donors (Lipinski definition) is 2. The molecule has 0 aliphatic rings. The number of hydrogen-bond acceptors (Lipinski definition) is 4. The first-order valence-electron chi connectivity index (χ1n) is 7.16. The van der Waals surface area contributed by atoms with Gasteiger partial charge in [-0.25, -0.2) is 4.39 Å². The lowest BCUT2D eigenvalue weighted by molar-refractivity contribution is 0.347. The molecule has 0 aliphatic carbocycles. The first-order chi connectivity index (χ1) is 11.6. The van der Waals surface area contributed by atoms with Crippen LogP contribution in [0.3, 0.4) is 0 Å². The molecule has 0 amide bonds. The molecule has 128 valence electrons. The Hall–Kier alpha value is -2.54. The topological polar surface area (TPSA) is 51.8 Å². The van der Waals surface area contributed by atoms with Crippen LogP contribution < -0.4 is 24.8 Å². The van der Waals surface area contributed by atoms with Crippen molar-refractivity contribution in [1.82, 2.24) is 5.32 Å². The minimum atomic E-state index is -0.297. The van der Waals surface area contributed by atoms with Crippen molar-refractivity contribution < 1.29 is 18.6 Å². The summed E-state index contributed by atoms with van der Waals surface area (Å²) in [6, 6.07) is 9.53. The minimum absolute atomic E-state index is 0.297. The zero-order chi connectivity index (χ0) is 17.5. The molecule has 0 aromatic heterocycles. The van der Waals surface area contributed by atoms with Crippen LogP contribution in [0.1, 0.15) is 5.56 Å². The van der Waals surface area contributed by atoms with E-state index in [1.165, 1.54) is 12.1 Å². The van der Waals surface area contributed by atoms with Gasteiger partial charge < -0.3 is 24.8 Å². The van der Waals surface area contributed by atoms with Crippen molar-refractivity contribution in [3.8, 4) is 17.2 Å². The lowest BCUT2D eigenvalue weighted by Crippen LogP contribution is -2.28. The Kier molecular flexibility index (Phi) is 6.20. The average molecular weight is 350 g/mol. The van der Waals surface area contributed by atoms with Crippen LogP contribution in [0.25, 0.3) is 0 Å². The van der Waals surface area contributed by atoms with E-state index in [1.807, 2.05) is 6.07 Å². The molecule has 0 spiro atoms. The molecule has 2 N–H and O–H groups in total. The van der Waals surface area contributed by atoms with Crippen molar-refractivity contribution in [1.29, 1.82) is 0 Å². The predicted molar refractivity (Wildman–Crippen MR) is 95.6 cm³/mol. The molecule has 2 aromatic rings. The number of nitrogens with one attached hydrogen (secondary N) is 2. The molecular formula is C17H19FN2O3S. The molecule has 2 aromatic carbocycles. The first-order valence-corrected chi connectivity index (χ1v) is 7.57. The molecule has 0 saturated carbocycles. The largest absolute Gasteiger partial charge is 0.496 e. The Labute approximate surface area is 145 Å². The van der Waals surface area contributed by atoms with E-state index in [9.17, 15) is 4.39 Å². The van der Waals surface area contributed by atoms with Gasteiger partial charge in [0.1, 0.15) is 11.6 Å². The van der Waals surface area contributed by atoms with Gasteiger partial charge in [0.25, 0.3) is 0 Å². The zero-order valence-corrected chi connectivity index (χ0v) is 14.5. The second-order valence-electron chi connectivity index (χ2n) is 4.83. The van der Waals surface area contributed by atoms with Gasteiger partial charge >= 0.3 is 0 Å². The van der Waals surface area contributed by atoms with Gasteiger partial charge in [-0.3, -0.25) is 0 Å². The predicted octanol–water partition coefficient (Wildman–Crippen LogP) is 3.34. The van der Waals surface area contributed by atoms with Gasteiger partial charge in [-0.05, 0) is 42.5 Å². The fourth-order valence-corrected chi connectivity index (χ4v) is 2.30. The van der Waals surface area contributed by atoms with Crippen LogP contribution >= 0.6 is 12.2 Å². The highest BCUT2D eigenvalue weighted by Gasteiger charge is 2.12. The van der Waals surface area contributed by atoms with Gasteiger partial charge in [-0.15, -0.1) is 0 Å². The zero-order valence-electron chi connectivity index (χ0n) is 13.7. The summed E-state index contributed by atoms with van der Waals surface area (Å²) in [5.74, 6) is 1.55. The number of benzene rings is 2. The lowest BCUT2D eigenvalue weighted by atomic mass is 10.1. The maximum Gasteiger partial charge on any atom is 0.171 e. The molecule has 0 bridgehead atoms. The van der Waals surface area contributed by atoms with E-state index in [-0.39, 0.29) is 5.82 Å². The van der Waals surface area contributed by atoms with Crippen molar-refractivity contribution in [2.24, 2.45) is 0 Å². The molecule has 0 heterocycles. The highest BCUT2D eigenvalue weighted by Crippen LogP contribution is 2.34. The van der Waals surface area contributed by atoms with Crippen LogP contribution in [-0.4, -0.2) is 26.4 Å². The third-order valence-electron chi connectivity index (χ3n) is 3.33. The smallest absolute Gasteiger partial charge is 0.171 e. The van der Waals surface area contributed by atoms with E-state index in [1.54, 1.807) is 39.5 Å². The van der Waals surface area contributed by atoms with Crippen LogP contribution in [0.5, 0.6) is 17.2 Å². The summed E-state index contributed by atoms with van der Waals surface area (Å²) < 4.78 is 28.8. The Morgan fingerprint density at radius 1 is 0.958 bits per heavy atom. The summed E-state index contributed by atoms with van der Waals surface area (Å²) in [5.41, 5.74) is 1.56. The lowest BCUT2D eigenvalue weighted by Gasteiger charge is -2.16. The van der Waals surface area contributed by atoms with Crippen molar-refractivity contribution in [2.75, 3.05) is 26.6 Å². The highest BCUT2D eigenvalue weighted by molar-refractivity contribution is 7.80. The first kappa shape index (κ1) is 17.8. The van der Waals surface area contributed by atoms with Crippen molar-refractivity contribution in [3.05, 3.63) is 47.8 Å². The third-order valence-corrected chi connectivity index (χ3v) is 3.57. The second-order valence-corrected chi connectivity index (χ2v) is 5.24. The summed E-state index contributed by atoms with van der Waals surface area (Å²) in [6.07, 6.45) is 0. The van der Waals surface area contributed by atoms with Crippen LogP contribution in [-0.2, 0) is 6.54 Å². The highest BCUT2D eigenvalue weighted by atomic mass is 32.1. The molecule has 0 radical (unpaired) electrons. The maximum atomic E-state index is 12.9. The van der Waals surface area contributed by atoms with Crippen LogP contribution in [0.15, 0.2) is 36.4 Å². The fourth-order valence-electron chi connectivity index (χ4n) is 2.11. The van der Waals surface area contributed by atoms with Gasteiger partial charge in [-0.2, -0.15) is 0 Å². The fraction of sp³-hybridized carbons (Fsp3) is 0.235. The number of rotatable bonds is 6. The normalized spacial score (nSPS) is 10.0. The number of thiocarbonyl (C=S) groups is 1. The van der Waals surface area contributed by atoms with Crippen LogP contribution in [0, 0.1) is 5.82 Å². The SMILES string of the molecule is COc1cc(OC)c(OC)cc1CNC(=S)Nc1ccc(F)cc1. The Morgan fingerprint density at radius 2 is 1.54 bits per heavy atom. The van der Waals surface area contributed by atoms with Crippen molar-refractivity contribution in [3.63, 3.8) is 0 Å². The van der Waals surface area contributed by atoms with Gasteiger partial charge in [0.2, 0.25) is 0 Å². The molecule has 0 saturated heterocycles. The molecule has 7 heteroatoms. The van der Waals surface area contributed by atoms with E-state index in [0.717, 1.165) is 5.56 Å². The molecule has 24 heavy (non-hydrogen) atoms. The number of methoxy groups -OCH3 is 3. The minimum Gasteiger partial charge on any atom is -0.496 e. The number of ether oxygens (including phenoxy) is 3. The van der Waals surface area contributed by atoms with E-state index >= 15 is 0 Å². The number of halogens is 1. The van der Waals surface area contributed by atoms with E-state index in [4.69, 9.17) is 26.4 Å². The summed E-state index contributed by atoms with van der Waals surface area (Å²) >= 11 is 5.24. The monoisotopic (exact) mass is 350 g/mol. The molecular weight excluding hydrogens is 331 g/mol. The standard InChI is InChI=1S/C17H19FN2O3S/c1-21-14-9-16(23-3)15(22-2)8-11(14)10-19-17(24)20-13-6-4-12(18)5-7-13/h4-9H,10H2,1-3H3,(H2,19,20,24). The van der Waals surface area contributed by atoms with Gasteiger partial charge in [0.15, 0.2) is 16.6 Å². The molecule has 2 rings (SSSR count). The Bertz CT molecular complexity index is 708. The maximum absolute atomic E-state index is 12.9. The number of anilines is 1. The average Bonchev–Trinajstić information content (AvgIpc) is 2.61. The van der Waals surface area contributed by atoms with Crippen molar-refractivity contribution in [2.45, 2.75) is 6.54 Å².